The van der Waals surface area contributed by atoms with Crippen molar-refractivity contribution in [3.8, 4) is 0 Å². The van der Waals surface area contributed by atoms with Crippen LogP contribution >= 0.6 is 0 Å². The molecule has 2 N–H and O–H groups in total. The topological polar surface area (TPSA) is 81.8 Å². The second-order valence-electron chi connectivity index (χ2n) is 6.72. The Hall–Kier alpha value is -1.55. The third-order valence-corrected chi connectivity index (χ3v) is 6.85. The molecule has 2 atom stereocenters. The van der Waals surface area contributed by atoms with E-state index in [0.29, 0.717) is 13.1 Å². The lowest BCUT2D eigenvalue weighted by Crippen LogP contribution is -2.54. The van der Waals surface area contributed by atoms with Gasteiger partial charge >= 0.3 is 0 Å². The Morgan fingerprint density at radius 3 is 2.54 bits per heavy atom. The zero-order chi connectivity index (χ0) is 18.7. The van der Waals surface area contributed by atoms with Gasteiger partial charge in [-0.1, -0.05) is 25.5 Å². The van der Waals surface area contributed by atoms with Crippen LogP contribution < -0.4 is 10.9 Å². The number of benzene rings is 1. The van der Waals surface area contributed by atoms with Gasteiger partial charge in [-0.25, -0.2) is 18.2 Å². The maximum Gasteiger partial charge on any atom is 0.246 e. The van der Waals surface area contributed by atoms with Gasteiger partial charge in [-0.3, -0.25) is 10.2 Å². The molecule has 1 aromatic carbocycles. The predicted molar refractivity (Wildman–Crippen MR) is 95.1 cm³/mol. The number of rotatable bonds is 5. The van der Waals surface area contributed by atoms with Gasteiger partial charge in [-0.2, -0.15) is 4.31 Å². The third-order valence-electron chi connectivity index (χ3n) is 4.92. The minimum absolute atomic E-state index is 0.0148. The third kappa shape index (κ3) is 3.90. The molecule has 2 aliphatic rings. The second kappa shape index (κ2) is 7.99. The summed E-state index contributed by atoms with van der Waals surface area (Å²) in [6.07, 6.45) is 2.79. The molecule has 0 spiro atoms. The molecule has 7 nitrogen and oxygen atoms in total. The van der Waals surface area contributed by atoms with Gasteiger partial charge in [-0.05, 0) is 25.0 Å². The van der Waals surface area contributed by atoms with Gasteiger partial charge in [0.1, 0.15) is 16.8 Å². The zero-order valence-electron chi connectivity index (χ0n) is 14.8. The molecular weight excluding hydrogens is 359 g/mol. The van der Waals surface area contributed by atoms with Crippen molar-refractivity contribution >= 4 is 15.9 Å². The molecule has 2 heterocycles. The number of piperazine rings is 1. The maximum atomic E-state index is 13.9. The smallest absolute Gasteiger partial charge is 0.246 e. The number of hydrogen-bond acceptors (Lipinski definition) is 5. The van der Waals surface area contributed by atoms with Crippen LogP contribution in [0.2, 0.25) is 0 Å². The molecule has 1 aromatic rings. The number of carbonyl (C=O) groups is 1. The molecule has 0 radical (unpaired) electrons. The van der Waals surface area contributed by atoms with Gasteiger partial charge in [-0.15, -0.1) is 0 Å². The predicted octanol–water partition coefficient (Wildman–Crippen LogP) is 0.694. The Morgan fingerprint density at radius 2 is 1.88 bits per heavy atom. The van der Waals surface area contributed by atoms with Gasteiger partial charge in [0.2, 0.25) is 15.9 Å². The average Bonchev–Trinajstić information content (AvgIpc) is 3.10. The number of hydrazine groups is 1. The largest absolute Gasteiger partial charge is 0.339 e. The summed E-state index contributed by atoms with van der Waals surface area (Å²) in [4.78, 5) is 14.0. The van der Waals surface area contributed by atoms with E-state index in [1.54, 1.807) is 4.90 Å². The van der Waals surface area contributed by atoms with Crippen molar-refractivity contribution in [3.05, 3.63) is 30.1 Å². The summed E-state index contributed by atoms with van der Waals surface area (Å²) < 4.78 is 40.3. The van der Waals surface area contributed by atoms with Crippen LogP contribution in [0.15, 0.2) is 29.2 Å². The zero-order valence-corrected chi connectivity index (χ0v) is 15.6. The van der Waals surface area contributed by atoms with Crippen LogP contribution in [0.4, 0.5) is 4.39 Å². The molecule has 2 unspecified atom stereocenters. The van der Waals surface area contributed by atoms with Crippen LogP contribution in [0.3, 0.4) is 0 Å². The van der Waals surface area contributed by atoms with Crippen LogP contribution in [0.25, 0.3) is 0 Å². The fraction of sp³-hybridized carbons (Fsp3) is 0.588. The lowest BCUT2D eigenvalue weighted by atomic mass is 10.1. The van der Waals surface area contributed by atoms with Crippen molar-refractivity contribution in [2.75, 3.05) is 26.2 Å². The standard InChI is InChI=1S/C17H25FN4O3S/c1-2-5-13-12-15(20-19-13)17(23)21-8-10-22(11-9-21)26(24,25)16-7-4-3-6-14(16)18/h3-4,6-7,13,15,19-20H,2,5,8-12H2,1H3. The molecule has 144 valence electrons. The fourth-order valence-corrected chi connectivity index (χ4v) is 4.97. The first kappa shape index (κ1) is 19.2. The number of nitrogens with one attached hydrogen (secondary N) is 2. The number of carbonyl (C=O) groups excluding carboxylic acids is 1. The van der Waals surface area contributed by atoms with Crippen LogP contribution in [-0.4, -0.2) is 61.8 Å². The quantitative estimate of drug-likeness (QED) is 0.781. The van der Waals surface area contributed by atoms with Gasteiger partial charge in [0.05, 0.1) is 0 Å². The molecule has 1 amide bonds. The minimum Gasteiger partial charge on any atom is -0.339 e. The van der Waals surface area contributed by atoms with E-state index in [1.807, 2.05) is 0 Å². The molecule has 2 aliphatic heterocycles. The lowest BCUT2D eigenvalue weighted by Gasteiger charge is -2.35. The van der Waals surface area contributed by atoms with Crippen LogP contribution in [0.1, 0.15) is 26.2 Å². The van der Waals surface area contributed by atoms with E-state index >= 15 is 0 Å². The SMILES string of the molecule is CCCC1CC(C(=O)N2CCN(S(=O)(=O)c3ccccc3F)CC2)NN1. The Morgan fingerprint density at radius 1 is 1.19 bits per heavy atom. The summed E-state index contributed by atoms with van der Waals surface area (Å²) in [5, 5.41) is 0. The highest BCUT2D eigenvalue weighted by Crippen LogP contribution is 2.21. The second-order valence-corrected chi connectivity index (χ2v) is 8.63. The number of hydrogen-bond donors (Lipinski definition) is 2. The van der Waals surface area contributed by atoms with Crippen LogP contribution in [0.5, 0.6) is 0 Å². The Balaban J connectivity index is 1.59. The van der Waals surface area contributed by atoms with Crippen molar-refractivity contribution in [2.45, 2.75) is 43.2 Å². The average molecular weight is 384 g/mol. The van der Waals surface area contributed by atoms with Crippen molar-refractivity contribution in [2.24, 2.45) is 0 Å². The highest BCUT2D eigenvalue weighted by molar-refractivity contribution is 7.89. The van der Waals surface area contributed by atoms with E-state index in [0.717, 1.165) is 25.3 Å². The summed E-state index contributed by atoms with van der Waals surface area (Å²) >= 11 is 0. The molecule has 0 saturated carbocycles. The Kier molecular flexibility index (Phi) is 5.91. The summed E-state index contributed by atoms with van der Waals surface area (Å²) in [5.74, 6) is -0.770. The van der Waals surface area contributed by atoms with Crippen LogP contribution in [0, 0.1) is 5.82 Å². The first-order valence-electron chi connectivity index (χ1n) is 8.98. The van der Waals surface area contributed by atoms with Gasteiger partial charge in [0, 0.05) is 32.2 Å². The molecule has 0 bridgehead atoms. The van der Waals surface area contributed by atoms with Crippen molar-refractivity contribution in [3.63, 3.8) is 0 Å². The monoisotopic (exact) mass is 384 g/mol. The normalized spacial score (nSPS) is 24.8. The fourth-order valence-electron chi connectivity index (χ4n) is 3.48. The molecule has 0 aliphatic carbocycles. The van der Waals surface area contributed by atoms with Gasteiger partial charge in [0.25, 0.3) is 0 Å². The molecule has 26 heavy (non-hydrogen) atoms. The van der Waals surface area contributed by atoms with Crippen molar-refractivity contribution in [1.29, 1.82) is 0 Å². The molecule has 3 rings (SSSR count). The Labute approximate surface area is 153 Å². The first-order chi connectivity index (χ1) is 12.4. The summed E-state index contributed by atoms with van der Waals surface area (Å²) in [6.45, 7) is 3.06. The summed E-state index contributed by atoms with van der Waals surface area (Å²) in [7, 11) is -3.88. The molecule has 0 aromatic heterocycles. The summed E-state index contributed by atoms with van der Waals surface area (Å²) in [6, 6.07) is 5.38. The van der Waals surface area contributed by atoms with Gasteiger partial charge < -0.3 is 4.90 Å². The van der Waals surface area contributed by atoms with Crippen LogP contribution in [-0.2, 0) is 14.8 Å². The van der Waals surface area contributed by atoms with Gasteiger partial charge in [0.15, 0.2) is 0 Å². The number of nitrogens with zero attached hydrogens (tertiary/aromatic N) is 2. The molecule has 2 fully saturated rings. The van der Waals surface area contributed by atoms with E-state index in [2.05, 4.69) is 17.8 Å². The molecule has 2 saturated heterocycles. The van der Waals surface area contributed by atoms with E-state index in [4.69, 9.17) is 0 Å². The van der Waals surface area contributed by atoms with E-state index in [9.17, 15) is 17.6 Å². The van der Waals surface area contributed by atoms with E-state index in [-0.39, 0.29) is 36.0 Å². The number of sulfonamides is 1. The van der Waals surface area contributed by atoms with E-state index < -0.39 is 15.8 Å². The molecular formula is C17H25FN4O3S. The Bertz CT molecular complexity index is 750. The maximum absolute atomic E-state index is 13.9. The van der Waals surface area contributed by atoms with E-state index in [1.165, 1.54) is 22.5 Å². The first-order valence-corrected chi connectivity index (χ1v) is 10.4. The minimum atomic E-state index is -3.88. The van der Waals surface area contributed by atoms with Crippen molar-refractivity contribution < 1.29 is 17.6 Å². The number of halogens is 1. The summed E-state index contributed by atoms with van der Waals surface area (Å²) in [5.41, 5.74) is 6.18. The number of amides is 1. The van der Waals surface area contributed by atoms with Crippen molar-refractivity contribution in [1.82, 2.24) is 20.1 Å². The molecule has 9 heteroatoms. The lowest BCUT2D eigenvalue weighted by molar-refractivity contribution is -0.134. The highest BCUT2D eigenvalue weighted by Gasteiger charge is 2.36. The highest BCUT2D eigenvalue weighted by atomic mass is 32.2.